The van der Waals surface area contributed by atoms with Gasteiger partial charge in [0.15, 0.2) is 0 Å². The monoisotopic (exact) mass is 586 g/mol. The highest BCUT2D eigenvalue weighted by Crippen LogP contribution is 2.42. The molecule has 2 aliphatic heterocycles. The van der Waals surface area contributed by atoms with Crippen LogP contribution >= 0.6 is 48.0 Å². The number of nitrogens with one attached hydrogen (secondary N) is 1. The molecule has 2 amide bonds. The maximum absolute atomic E-state index is 13.3. The number of hydrogen-bond donors (Lipinski definition) is 1. The van der Waals surface area contributed by atoms with Gasteiger partial charge in [0.05, 0.1) is 21.5 Å². The smallest absolute Gasteiger partial charge is 0.229 e. The minimum absolute atomic E-state index is 0. The fourth-order valence-electron chi connectivity index (χ4n) is 5.42. The quantitative estimate of drug-likeness (QED) is 0.430. The predicted molar refractivity (Wildman–Crippen MR) is 152 cm³/mol. The van der Waals surface area contributed by atoms with Crippen molar-refractivity contribution in [3.63, 3.8) is 0 Å². The number of carbonyl (C=O) groups is 2. The number of carbonyl (C=O) groups excluding carboxylic acids is 2. The Labute approximate surface area is 241 Å². The van der Waals surface area contributed by atoms with Crippen LogP contribution in [-0.4, -0.2) is 52.8 Å². The Morgan fingerprint density at radius 1 is 1.08 bits per heavy atom. The van der Waals surface area contributed by atoms with Gasteiger partial charge in [0, 0.05) is 37.9 Å². The van der Waals surface area contributed by atoms with Crippen LogP contribution in [0.2, 0.25) is 10.0 Å². The summed E-state index contributed by atoms with van der Waals surface area (Å²) in [5, 5.41) is 4.25. The van der Waals surface area contributed by atoms with Gasteiger partial charge in [0.2, 0.25) is 11.8 Å². The van der Waals surface area contributed by atoms with Crippen molar-refractivity contribution in [1.29, 1.82) is 0 Å². The van der Waals surface area contributed by atoms with Gasteiger partial charge in [-0.3, -0.25) is 14.6 Å². The Morgan fingerprint density at radius 3 is 2.46 bits per heavy atom. The summed E-state index contributed by atoms with van der Waals surface area (Å²) >= 11 is 12.4. The number of hydrogen-bond acceptors (Lipinski definition) is 4. The number of benzene rings is 1. The number of rotatable bonds is 8. The highest BCUT2D eigenvalue weighted by Gasteiger charge is 2.47. The molecule has 3 aliphatic rings. The van der Waals surface area contributed by atoms with Gasteiger partial charge in [-0.1, -0.05) is 35.3 Å². The second kappa shape index (κ2) is 13.0. The summed E-state index contributed by atoms with van der Waals surface area (Å²) in [5.74, 6) is 0.577. The van der Waals surface area contributed by atoms with E-state index in [1.807, 2.05) is 35.4 Å². The standard InChI is InChI=1S/C27H32Cl2N4O2.2ClH/c28-22-6-5-21(16-23(22)29)24(31-25(34)20-3-4-20)7-12-32-13-8-27(9-14-32)10-15-33(26(27)35)18-19-2-1-11-30-17-19;;/h1-2,5-6,11,16-17,20,24H,3-4,7-10,12-15,18H2,(H,31,34);2*1H. The van der Waals surface area contributed by atoms with E-state index in [1.54, 1.807) is 12.3 Å². The van der Waals surface area contributed by atoms with Crippen LogP contribution in [0.15, 0.2) is 42.7 Å². The molecule has 1 aromatic heterocycles. The van der Waals surface area contributed by atoms with Crippen molar-refractivity contribution in [2.45, 2.75) is 51.1 Å². The summed E-state index contributed by atoms with van der Waals surface area (Å²) in [4.78, 5) is 34.4. The van der Waals surface area contributed by atoms with Crippen molar-refractivity contribution < 1.29 is 9.59 Å². The van der Waals surface area contributed by atoms with Gasteiger partial charge in [-0.05, 0) is 80.9 Å². The van der Waals surface area contributed by atoms with Crippen LogP contribution in [0.4, 0.5) is 0 Å². The first-order chi connectivity index (χ1) is 16.9. The zero-order chi connectivity index (χ0) is 24.4. The van der Waals surface area contributed by atoms with Crippen molar-refractivity contribution in [3.8, 4) is 0 Å². The van der Waals surface area contributed by atoms with E-state index in [0.717, 1.165) is 75.8 Å². The Bertz CT molecular complexity index is 1080. The molecule has 3 heterocycles. The van der Waals surface area contributed by atoms with Crippen LogP contribution in [0.5, 0.6) is 0 Å². The fourth-order valence-corrected chi connectivity index (χ4v) is 5.73. The molecular weight excluding hydrogens is 554 g/mol. The minimum atomic E-state index is -0.220. The van der Waals surface area contributed by atoms with Gasteiger partial charge in [0.25, 0.3) is 0 Å². The zero-order valence-corrected chi connectivity index (χ0v) is 23.8. The number of aromatic nitrogens is 1. The lowest BCUT2D eigenvalue weighted by molar-refractivity contribution is -0.139. The molecule has 2 aromatic rings. The molecule has 5 rings (SSSR count). The molecule has 0 bridgehead atoms. The number of pyridine rings is 1. The lowest BCUT2D eigenvalue weighted by Gasteiger charge is -2.38. The predicted octanol–water partition coefficient (Wildman–Crippen LogP) is 5.70. The van der Waals surface area contributed by atoms with E-state index in [-0.39, 0.29) is 48.1 Å². The van der Waals surface area contributed by atoms with Crippen molar-refractivity contribution >= 4 is 59.8 Å². The minimum Gasteiger partial charge on any atom is -0.349 e. The second-order valence-electron chi connectivity index (χ2n) is 10.3. The highest BCUT2D eigenvalue weighted by atomic mass is 35.5. The normalized spacial score (nSPS) is 19.7. The molecule has 1 atom stereocenters. The molecule has 1 saturated carbocycles. The van der Waals surface area contributed by atoms with Crippen LogP contribution < -0.4 is 5.32 Å². The maximum atomic E-state index is 13.3. The number of likely N-dealkylation sites (tertiary alicyclic amines) is 2. The van der Waals surface area contributed by atoms with Crippen molar-refractivity contribution in [1.82, 2.24) is 20.1 Å². The van der Waals surface area contributed by atoms with E-state index in [4.69, 9.17) is 23.2 Å². The number of halogens is 4. The summed E-state index contributed by atoms with van der Waals surface area (Å²) in [6.07, 6.45) is 9.05. The van der Waals surface area contributed by atoms with Crippen LogP contribution in [0, 0.1) is 11.3 Å². The van der Waals surface area contributed by atoms with Gasteiger partial charge in [-0.25, -0.2) is 0 Å². The average Bonchev–Trinajstić information content (AvgIpc) is 3.69. The molecular formula is C27H34Cl4N4O2. The summed E-state index contributed by atoms with van der Waals surface area (Å²) in [5.41, 5.74) is 1.85. The maximum Gasteiger partial charge on any atom is 0.229 e. The molecule has 202 valence electrons. The van der Waals surface area contributed by atoms with E-state index >= 15 is 0 Å². The molecule has 0 radical (unpaired) electrons. The van der Waals surface area contributed by atoms with Crippen LogP contribution in [0.3, 0.4) is 0 Å². The first-order valence-electron chi connectivity index (χ1n) is 12.6. The van der Waals surface area contributed by atoms with Crippen LogP contribution in [0.25, 0.3) is 0 Å². The average molecular weight is 588 g/mol. The number of amides is 2. The first kappa shape index (κ1) is 30.0. The van der Waals surface area contributed by atoms with Crippen LogP contribution in [0.1, 0.15) is 55.7 Å². The molecule has 1 aliphatic carbocycles. The van der Waals surface area contributed by atoms with Crippen molar-refractivity contribution in [2.75, 3.05) is 26.2 Å². The van der Waals surface area contributed by atoms with E-state index in [9.17, 15) is 9.59 Å². The molecule has 37 heavy (non-hydrogen) atoms. The molecule has 1 unspecified atom stereocenters. The van der Waals surface area contributed by atoms with Crippen molar-refractivity contribution in [3.05, 3.63) is 63.9 Å². The SMILES string of the molecule is Cl.Cl.O=C(NC(CCN1CCC2(CC1)CCN(Cc1cccnc1)C2=O)c1ccc(Cl)c(Cl)c1)C1CC1. The van der Waals surface area contributed by atoms with Gasteiger partial charge >= 0.3 is 0 Å². The molecule has 1 aromatic carbocycles. The topological polar surface area (TPSA) is 65.5 Å². The molecule has 10 heteroatoms. The number of piperidine rings is 1. The van der Waals surface area contributed by atoms with E-state index in [1.165, 1.54) is 0 Å². The van der Waals surface area contributed by atoms with Gasteiger partial charge in [0.1, 0.15) is 0 Å². The molecule has 1 N–H and O–H groups in total. The highest BCUT2D eigenvalue weighted by molar-refractivity contribution is 6.42. The third-order valence-corrected chi connectivity index (χ3v) is 8.59. The lowest BCUT2D eigenvalue weighted by atomic mass is 9.77. The summed E-state index contributed by atoms with van der Waals surface area (Å²) in [6.45, 7) is 4.12. The molecule has 6 nitrogen and oxygen atoms in total. The van der Waals surface area contributed by atoms with E-state index in [0.29, 0.717) is 22.5 Å². The van der Waals surface area contributed by atoms with E-state index in [2.05, 4.69) is 15.2 Å². The summed E-state index contributed by atoms with van der Waals surface area (Å²) in [6, 6.07) is 9.45. The van der Waals surface area contributed by atoms with Gasteiger partial charge < -0.3 is 15.1 Å². The zero-order valence-electron chi connectivity index (χ0n) is 20.7. The third kappa shape index (κ3) is 7.10. The molecule has 2 saturated heterocycles. The molecule has 1 spiro atoms. The molecule has 3 fully saturated rings. The first-order valence-corrected chi connectivity index (χ1v) is 13.4. The Hall–Kier alpha value is -1.57. The summed E-state index contributed by atoms with van der Waals surface area (Å²) in [7, 11) is 0. The van der Waals surface area contributed by atoms with Crippen molar-refractivity contribution in [2.24, 2.45) is 11.3 Å². The lowest BCUT2D eigenvalue weighted by Crippen LogP contribution is -2.45. The second-order valence-corrected chi connectivity index (χ2v) is 11.1. The fraction of sp³-hybridized carbons (Fsp3) is 0.519. The Kier molecular flexibility index (Phi) is 10.5. The number of nitrogens with zero attached hydrogens (tertiary/aromatic N) is 3. The Balaban J connectivity index is 0.00000190. The van der Waals surface area contributed by atoms with E-state index < -0.39 is 0 Å². The Morgan fingerprint density at radius 2 is 1.81 bits per heavy atom. The summed E-state index contributed by atoms with van der Waals surface area (Å²) < 4.78 is 0. The largest absolute Gasteiger partial charge is 0.349 e. The third-order valence-electron chi connectivity index (χ3n) is 7.86. The van der Waals surface area contributed by atoms with Gasteiger partial charge in [-0.15, -0.1) is 24.8 Å². The van der Waals surface area contributed by atoms with Gasteiger partial charge in [-0.2, -0.15) is 0 Å². The van der Waals surface area contributed by atoms with Crippen LogP contribution in [-0.2, 0) is 16.1 Å².